The molecule has 2 amide bonds. The molecule has 0 unspecified atom stereocenters. The minimum Gasteiger partial charge on any atom is -0.445 e. The molecule has 0 saturated heterocycles. The van der Waals surface area contributed by atoms with Crippen LogP contribution in [0.3, 0.4) is 0 Å². The second kappa shape index (κ2) is 6.13. The third-order valence-electron chi connectivity index (χ3n) is 2.29. The highest BCUT2D eigenvalue weighted by molar-refractivity contribution is 7.17. The number of ether oxygens (including phenoxy) is 1. The zero-order valence-electron chi connectivity index (χ0n) is 10.8. The molecule has 0 saturated carbocycles. The highest BCUT2D eigenvalue weighted by atomic mass is 32.1. The number of hydrogen-bond acceptors (Lipinski definition) is 7. The molecule has 2 heterocycles. The molecule has 0 bridgehead atoms. The summed E-state index contributed by atoms with van der Waals surface area (Å²) in [6.45, 7) is 0. The number of benzene rings is 1. The Hall–Kier alpha value is -3.08. The molecule has 112 valence electrons. The van der Waals surface area contributed by atoms with Crippen molar-refractivity contribution in [1.29, 1.82) is 0 Å². The molecule has 9 nitrogen and oxygen atoms in total. The fraction of sp³-hybridized carbons (Fsp3) is 0. The van der Waals surface area contributed by atoms with Crippen molar-refractivity contribution in [3.05, 3.63) is 36.3 Å². The van der Waals surface area contributed by atoms with Gasteiger partial charge in [0.05, 0.1) is 6.20 Å². The van der Waals surface area contributed by atoms with Gasteiger partial charge in [0.1, 0.15) is 11.6 Å². The Labute approximate surface area is 126 Å². The van der Waals surface area contributed by atoms with Gasteiger partial charge < -0.3 is 4.74 Å². The summed E-state index contributed by atoms with van der Waals surface area (Å²) in [4.78, 5) is 15.6. The topological polar surface area (TPSA) is 118 Å². The van der Waals surface area contributed by atoms with Gasteiger partial charge in [-0.3, -0.25) is 10.6 Å². The van der Waals surface area contributed by atoms with Crippen LogP contribution < -0.4 is 15.4 Å². The Kier molecular flexibility index (Phi) is 3.87. The lowest BCUT2D eigenvalue weighted by Gasteiger charge is -2.01. The summed E-state index contributed by atoms with van der Waals surface area (Å²) in [6.07, 6.45) is 1.42. The molecular formula is C11H8FN7O2S. The molecule has 0 fully saturated rings. The van der Waals surface area contributed by atoms with Crippen LogP contribution in [0.5, 0.6) is 10.8 Å². The second-order valence-electron chi connectivity index (χ2n) is 3.86. The Bertz CT molecular complexity index is 776. The van der Waals surface area contributed by atoms with E-state index in [-0.39, 0.29) is 5.95 Å². The lowest BCUT2D eigenvalue weighted by molar-refractivity contribution is 0.262. The highest BCUT2D eigenvalue weighted by Gasteiger charge is 2.10. The van der Waals surface area contributed by atoms with Crippen LogP contribution >= 0.6 is 11.3 Å². The monoisotopic (exact) mass is 321 g/mol. The predicted molar refractivity (Wildman–Crippen MR) is 75.4 cm³/mol. The summed E-state index contributed by atoms with van der Waals surface area (Å²) in [5.41, 5.74) is 0. The molecule has 0 radical (unpaired) electrons. The maximum Gasteiger partial charge on any atom is 0.327 e. The summed E-state index contributed by atoms with van der Waals surface area (Å²) in [5, 5.41) is 18.2. The van der Waals surface area contributed by atoms with E-state index >= 15 is 0 Å². The van der Waals surface area contributed by atoms with Crippen molar-refractivity contribution in [1.82, 2.24) is 25.6 Å². The number of rotatable bonds is 4. The predicted octanol–water partition coefficient (Wildman–Crippen LogP) is 2.23. The number of aromatic nitrogens is 5. The van der Waals surface area contributed by atoms with E-state index in [4.69, 9.17) is 4.74 Å². The number of urea groups is 1. The van der Waals surface area contributed by atoms with Gasteiger partial charge in [-0.25, -0.2) is 14.2 Å². The van der Waals surface area contributed by atoms with Gasteiger partial charge in [0.25, 0.3) is 5.95 Å². The average Bonchev–Trinajstić information content (AvgIpc) is 3.11. The van der Waals surface area contributed by atoms with Gasteiger partial charge in [0.2, 0.25) is 5.06 Å². The van der Waals surface area contributed by atoms with Crippen LogP contribution in [0.15, 0.2) is 30.5 Å². The number of carbonyl (C=O) groups is 1. The first kappa shape index (κ1) is 13.9. The largest absolute Gasteiger partial charge is 0.445 e. The number of carbonyl (C=O) groups excluding carboxylic acids is 1. The van der Waals surface area contributed by atoms with Crippen molar-refractivity contribution >= 4 is 28.4 Å². The number of hydrogen-bond donors (Lipinski definition) is 3. The molecule has 0 spiro atoms. The number of H-pyrrole nitrogens is 1. The molecule has 3 N–H and O–H groups in total. The molecular weight excluding hydrogens is 313 g/mol. The minimum atomic E-state index is -0.576. The summed E-state index contributed by atoms with van der Waals surface area (Å²) < 4.78 is 18.5. The zero-order valence-corrected chi connectivity index (χ0v) is 11.6. The molecule has 0 atom stereocenters. The number of halogens is 1. The Morgan fingerprint density at radius 3 is 3.05 bits per heavy atom. The smallest absolute Gasteiger partial charge is 0.327 e. The van der Waals surface area contributed by atoms with E-state index < -0.39 is 11.8 Å². The van der Waals surface area contributed by atoms with Gasteiger partial charge in [-0.15, -0.1) is 5.10 Å². The highest BCUT2D eigenvalue weighted by Crippen LogP contribution is 2.30. The summed E-state index contributed by atoms with van der Waals surface area (Å²) in [6, 6.07) is 5.13. The number of nitrogens with zero attached hydrogens (tertiary/aromatic N) is 4. The molecule has 0 aliphatic carbocycles. The van der Waals surface area contributed by atoms with Crippen LogP contribution in [0.2, 0.25) is 0 Å². The van der Waals surface area contributed by atoms with Gasteiger partial charge in [0, 0.05) is 6.07 Å². The van der Waals surface area contributed by atoms with Crippen molar-refractivity contribution in [2.24, 2.45) is 0 Å². The van der Waals surface area contributed by atoms with Crippen molar-refractivity contribution in [3.8, 4) is 10.8 Å². The van der Waals surface area contributed by atoms with E-state index in [2.05, 4.69) is 36.2 Å². The maximum atomic E-state index is 13.1. The lowest BCUT2D eigenvalue weighted by atomic mass is 10.3. The van der Waals surface area contributed by atoms with Crippen LogP contribution in [-0.4, -0.2) is 31.6 Å². The van der Waals surface area contributed by atoms with Crippen molar-refractivity contribution in [2.45, 2.75) is 0 Å². The van der Waals surface area contributed by atoms with E-state index in [1.807, 2.05) is 0 Å². The first-order chi connectivity index (χ1) is 10.7. The zero-order chi connectivity index (χ0) is 15.4. The summed E-state index contributed by atoms with van der Waals surface area (Å²) in [5.74, 6) is -0.0309. The van der Waals surface area contributed by atoms with Gasteiger partial charge in [-0.05, 0) is 17.3 Å². The van der Waals surface area contributed by atoms with E-state index in [1.54, 1.807) is 6.07 Å². The number of aromatic amines is 1. The lowest BCUT2D eigenvalue weighted by Crippen LogP contribution is -2.20. The van der Waals surface area contributed by atoms with Gasteiger partial charge in [-0.2, -0.15) is 5.21 Å². The van der Waals surface area contributed by atoms with E-state index in [0.29, 0.717) is 15.9 Å². The van der Waals surface area contributed by atoms with Crippen molar-refractivity contribution < 1.29 is 13.9 Å². The molecule has 11 heteroatoms. The van der Waals surface area contributed by atoms with Crippen molar-refractivity contribution in [2.75, 3.05) is 10.6 Å². The first-order valence-corrected chi connectivity index (χ1v) is 6.71. The number of amides is 2. The van der Waals surface area contributed by atoms with Crippen molar-refractivity contribution in [3.63, 3.8) is 0 Å². The molecule has 3 aromatic rings. The maximum absolute atomic E-state index is 13.1. The Morgan fingerprint density at radius 2 is 2.27 bits per heavy atom. The molecule has 1 aromatic carbocycles. The van der Waals surface area contributed by atoms with Gasteiger partial charge in [-0.1, -0.05) is 22.5 Å². The average molecular weight is 321 g/mol. The van der Waals surface area contributed by atoms with Gasteiger partial charge in [0.15, 0.2) is 5.13 Å². The summed E-state index contributed by atoms with van der Waals surface area (Å²) in [7, 11) is 0. The third kappa shape index (κ3) is 3.52. The normalized spacial score (nSPS) is 10.2. The number of nitrogens with one attached hydrogen (secondary N) is 3. The Morgan fingerprint density at radius 1 is 1.36 bits per heavy atom. The minimum absolute atomic E-state index is 0.0327. The molecule has 22 heavy (non-hydrogen) atoms. The van der Waals surface area contributed by atoms with Gasteiger partial charge >= 0.3 is 6.03 Å². The first-order valence-electron chi connectivity index (χ1n) is 5.90. The SMILES string of the molecule is O=C(Nc1nn[nH]n1)Nc1ncc(Oc2cccc(F)c2)s1. The second-order valence-corrected chi connectivity index (χ2v) is 4.85. The van der Waals surface area contributed by atoms with Crippen LogP contribution in [0.1, 0.15) is 0 Å². The van der Waals surface area contributed by atoms with E-state index in [0.717, 1.165) is 11.3 Å². The van der Waals surface area contributed by atoms with E-state index in [9.17, 15) is 9.18 Å². The Balaban J connectivity index is 1.60. The summed E-state index contributed by atoms with van der Waals surface area (Å²) >= 11 is 1.08. The molecule has 2 aromatic heterocycles. The fourth-order valence-corrected chi connectivity index (χ4v) is 2.14. The number of thiazole rings is 1. The quantitative estimate of drug-likeness (QED) is 0.678. The van der Waals surface area contributed by atoms with Crippen LogP contribution in [0, 0.1) is 5.82 Å². The van der Waals surface area contributed by atoms with E-state index in [1.165, 1.54) is 24.4 Å². The third-order valence-corrected chi connectivity index (χ3v) is 3.08. The van der Waals surface area contributed by atoms with Crippen LogP contribution in [-0.2, 0) is 0 Å². The number of tetrazole rings is 1. The molecule has 0 aliphatic rings. The number of anilines is 2. The fourth-order valence-electron chi connectivity index (χ4n) is 1.46. The molecule has 0 aliphatic heterocycles. The van der Waals surface area contributed by atoms with Crippen LogP contribution in [0.4, 0.5) is 20.3 Å². The standard InChI is InChI=1S/C11H8FN7O2S/c12-6-2-1-3-7(4-6)21-8-5-13-11(22-8)15-10(20)14-9-16-18-19-17-9/h1-5H,(H3,13,14,15,16,17,18,19,20). The molecule has 3 rings (SSSR count). The van der Waals surface area contributed by atoms with Crippen LogP contribution in [0.25, 0.3) is 0 Å².